The molecule has 2 unspecified atom stereocenters. The van der Waals surface area contributed by atoms with Gasteiger partial charge in [0.1, 0.15) is 17.5 Å². The summed E-state index contributed by atoms with van der Waals surface area (Å²) in [6, 6.07) is 9.41. The van der Waals surface area contributed by atoms with Crippen molar-refractivity contribution in [3.8, 4) is 5.75 Å². The Kier molecular flexibility index (Phi) is 15.9. The summed E-state index contributed by atoms with van der Waals surface area (Å²) in [5.41, 5.74) is 5.24. The Morgan fingerprint density at radius 1 is 1.13 bits per heavy atom. The second kappa shape index (κ2) is 18.3. The van der Waals surface area contributed by atoms with Crippen LogP contribution in [0.3, 0.4) is 0 Å². The number of benzene rings is 1. The van der Waals surface area contributed by atoms with Crippen LogP contribution in [-0.4, -0.2) is 38.8 Å². The SMILES string of the molecule is CC.CC/C(=C\C=C/CCC(C)NCC(O)c1ccc(O)c(CO)n1)CC(=O)NCc1ccc(C)c(C)c1. The molecule has 0 radical (unpaired) electrons. The van der Waals surface area contributed by atoms with Crippen LogP contribution < -0.4 is 10.6 Å². The van der Waals surface area contributed by atoms with Crippen molar-refractivity contribution in [3.05, 3.63) is 82.2 Å². The smallest absolute Gasteiger partial charge is 0.224 e. The maximum absolute atomic E-state index is 12.4. The summed E-state index contributed by atoms with van der Waals surface area (Å²) in [4.78, 5) is 16.5. The molecule has 38 heavy (non-hydrogen) atoms. The molecule has 0 aliphatic rings. The van der Waals surface area contributed by atoms with Crippen LogP contribution in [0.2, 0.25) is 0 Å². The monoisotopic (exact) mass is 525 g/mol. The molecule has 7 heteroatoms. The van der Waals surface area contributed by atoms with Gasteiger partial charge in [-0.1, -0.05) is 62.8 Å². The van der Waals surface area contributed by atoms with Gasteiger partial charge in [0, 0.05) is 25.6 Å². The summed E-state index contributed by atoms with van der Waals surface area (Å²) in [6.07, 6.45) is 8.26. The third-order valence-corrected chi connectivity index (χ3v) is 6.26. The highest BCUT2D eigenvalue weighted by molar-refractivity contribution is 5.78. The van der Waals surface area contributed by atoms with Crippen molar-refractivity contribution in [2.45, 2.75) is 92.5 Å². The maximum Gasteiger partial charge on any atom is 0.224 e. The van der Waals surface area contributed by atoms with Crippen LogP contribution in [0.1, 0.15) is 87.6 Å². The normalized spacial score (nSPS) is 13.1. The van der Waals surface area contributed by atoms with Crippen molar-refractivity contribution in [1.29, 1.82) is 0 Å². The van der Waals surface area contributed by atoms with Gasteiger partial charge in [-0.3, -0.25) is 4.79 Å². The molecule has 0 fully saturated rings. The van der Waals surface area contributed by atoms with Crippen molar-refractivity contribution < 1.29 is 20.1 Å². The first-order valence-electron chi connectivity index (χ1n) is 13.6. The van der Waals surface area contributed by atoms with Crippen LogP contribution in [0, 0.1) is 13.8 Å². The second-order valence-corrected chi connectivity index (χ2v) is 9.24. The summed E-state index contributed by atoms with van der Waals surface area (Å²) in [7, 11) is 0. The second-order valence-electron chi connectivity index (χ2n) is 9.24. The van der Waals surface area contributed by atoms with Crippen molar-refractivity contribution in [2.24, 2.45) is 0 Å². The Hall–Kier alpha value is -3.00. The highest BCUT2D eigenvalue weighted by Gasteiger charge is 2.13. The summed E-state index contributed by atoms with van der Waals surface area (Å²) < 4.78 is 0. The van der Waals surface area contributed by atoms with Gasteiger partial charge in [-0.2, -0.15) is 0 Å². The molecule has 0 spiro atoms. The lowest BCUT2D eigenvalue weighted by atomic mass is 10.1. The van der Waals surface area contributed by atoms with Gasteiger partial charge in [-0.05, 0) is 68.9 Å². The highest BCUT2D eigenvalue weighted by Crippen LogP contribution is 2.18. The van der Waals surface area contributed by atoms with Gasteiger partial charge in [0.25, 0.3) is 0 Å². The van der Waals surface area contributed by atoms with Crippen molar-refractivity contribution in [2.75, 3.05) is 6.54 Å². The number of carbonyl (C=O) groups is 1. The lowest BCUT2D eigenvalue weighted by Crippen LogP contribution is -2.30. The Labute approximate surface area is 228 Å². The van der Waals surface area contributed by atoms with E-state index in [0.717, 1.165) is 30.4 Å². The first-order valence-corrected chi connectivity index (χ1v) is 13.6. The van der Waals surface area contributed by atoms with Crippen molar-refractivity contribution >= 4 is 5.91 Å². The highest BCUT2D eigenvalue weighted by atomic mass is 16.3. The minimum Gasteiger partial charge on any atom is -0.506 e. The van der Waals surface area contributed by atoms with E-state index < -0.39 is 6.10 Å². The number of nitrogens with one attached hydrogen (secondary N) is 2. The lowest BCUT2D eigenvalue weighted by Gasteiger charge is -2.17. The molecule has 5 N–H and O–H groups in total. The molecule has 0 aliphatic carbocycles. The number of rotatable bonds is 14. The van der Waals surface area contributed by atoms with E-state index >= 15 is 0 Å². The molecule has 1 heterocycles. The number of hydrogen-bond acceptors (Lipinski definition) is 6. The minimum absolute atomic E-state index is 0.0281. The third kappa shape index (κ3) is 12.0. The van der Waals surface area contributed by atoms with Gasteiger partial charge in [0.05, 0.1) is 12.3 Å². The number of aryl methyl sites for hydroxylation is 2. The molecule has 2 atom stereocenters. The van der Waals surface area contributed by atoms with Crippen LogP contribution >= 0.6 is 0 Å². The van der Waals surface area contributed by atoms with Crippen LogP contribution in [0.15, 0.2) is 54.1 Å². The van der Waals surface area contributed by atoms with E-state index in [1.165, 1.54) is 17.2 Å². The standard InChI is InChI=1S/C29H41N3O4.C2H6/c1-5-23(16-29(36)31-17-24-12-11-20(2)21(3)15-24)10-8-6-7-9-22(4)30-18-28(35)25-13-14-27(34)26(19-33)32-25;1-2/h6,8,10-15,22,28,30,33-35H,5,7,9,16-19H2,1-4H3,(H,31,36);1-2H3/b8-6-,23-10+;. The maximum atomic E-state index is 12.4. The fraction of sp³-hybridized carbons (Fsp3) is 0.484. The molecule has 2 aromatic rings. The van der Waals surface area contributed by atoms with Crippen LogP contribution in [-0.2, 0) is 17.9 Å². The average Bonchev–Trinajstić information content (AvgIpc) is 2.92. The molecule has 0 saturated heterocycles. The van der Waals surface area contributed by atoms with Gasteiger partial charge in [0.15, 0.2) is 0 Å². The summed E-state index contributed by atoms with van der Waals surface area (Å²) in [5.74, 6) is -0.0554. The number of aliphatic hydroxyl groups is 2. The zero-order valence-corrected chi connectivity index (χ0v) is 23.9. The molecule has 7 nitrogen and oxygen atoms in total. The first kappa shape index (κ1) is 33.0. The Balaban J connectivity index is 0.00000352. The van der Waals surface area contributed by atoms with Gasteiger partial charge in [-0.25, -0.2) is 4.98 Å². The third-order valence-electron chi connectivity index (χ3n) is 6.26. The molecule has 1 aromatic heterocycles. The molecule has 0 saturated carbocycles. The molecule has 1 aromatic carbocycles. The molecule has 210 valence electrons. The molecule has 1 amide bonds. The van der Waals surface area contributed by atoms with Crippen LogP contribution in [0.5, 0.6) is 5.75 Å². The van der Waals surface area contributed by atoms with E-state index in [2.05, 4.69) is 67.6 Å². The largest absolute Gasteiger partial charge is 0.506 e. The number of aromatic nitrogens is 1. The Morgan fingerprint density at radius 2 is 1.87 bits per heavy atom. The van der Waals surface area contributed by atoms with Gasteiger partial charge in [-0.15, -0.1) is 0 Å². The van der Waals surface area contributed by atoms with E-state index in [9.17, 15) is 20.1 Å². The number of aromatic hydroxyl groups is 1. The number of allylic oxidation sites excluding steroid dienone is 3. The average molecular weight is 526 g/mol. The van der Waals surface area contributed by atoms with E-state index in [-0.39, 0.29) is 30.0 Å². The fourth-order valence-electron chi connectivity index (χ4n) is 3.66. The van der Waals surface area contributed by atoms with Gasteiger partial charge < -0.3 is 26.0 Å². The summed E-state index contributed by atoms with van der Waals surface area (Å²) >= 11 is 0. The number of amides is 1. The predicted octanol–water partition coefficient (Wildman–Crippen LogP) is 5.31. The molecular formula is C31H47N3O4. The van der Waals surface area contributed by atoms with E-state index in [4.69, 9.17) is 0 Å². The zero-order chi connectivity index (χ0) is 28.5. The van der Waals surface area contributed by atoms with Crippen LogP contribution in [0.4, 0.5) is 0 Å². The molecular weight excluding hydrogens is 478 g/mol. The predicted molar refractivity (Wildman–Crippen MR) is 155 cm³/mol. The Morgan fingerprint density at radius 3 is 2.53 bits per heavy atom. The molecule has 0 bridgehead atoms. The summed E-state index contributed by atoms with van der Waals surface area (Å²) in [5, 5.41) is 35.4. The van der Waals surface area contributed by atoms with E-state index in [1.54, 1.807) is 6.07 Å². The number of hydrogen-bond donors (Lipinski definition) is 5. The Bertz CT molecular complexity index is 1050. The number of nitrogens with zero attached hydrogens (tertiary/aromatic N) is 1. The molecule has 0 aliphatic heterocycles. The quantitative estimate of drug-likeness (QED) is 0.214. The lowest BCUT2D eigenvalue weighted by molar-refractivity contribution is -0.120. The van der Waals surface area contributed by atoms with E-state index in [1.807, 2.05) is 26.0 Å². The zero-order valence-electron chi connectivity index (χ0n) is 23.9. The molecule has 2 rings (SSSR count). The van der Waals surface area contributed by atoms with Crippen LogP contribution in [0.25, 0.3) is 0 Å². The first-order chi connectivity index (χ1) is 18.2. The van der Waals surface area contributed by atoms with Crippen molar-refractivity contribution in [3.63, 3.8) is 0 Å². The summed E-state index contributed by atoms with van der Waals surface area (Å²) in [6.45, 7) is 12.7. The van der Waals surface area contributed by atoms with E-state index in [0.29, 0.717) is 25.2 Å². The van der Waals surface area contributed by atoms with Crippen molar-refractivity contribution in [1.82, 2.24) is 15.6 Å². The number of pyridine rings is 1. The number of carbonyl (C=O) groups excluding carboxylic acids is 1. The topological polar surface area (TPSA) is 115 Å². The van der Waals surface area contributed by atoms with Gasteiger partial charge >= 0.3 is 0 Å². The fourth-order valence-corrected chi connectivity index (χ4v) is 3.66. The minimum atomic E-state index is -0.829. The van der Waals surface area contributed by atoms with Gasteiger partial charge in [0.2, 0.25) is 5.91 Å². The number of aliphatic hydroxyl groups excluding tert-OH is 2.